The average Bonchev–Trinajstić information content (AvgIpc) is 2.46. The molecule has 0 aliphatic carbocycles. The number of rotatable bonds is 5. The summed E-state index contributed by atoms with van der Waals surface area (Å²) < 4.78 is 6.27. The van der Waals surface area contributed by atoms with Crippen LogP contribution < -0.4 is 4.74 Å². The van der Waals surface area contributed by atoms with E-state index in [1.54, 1.807) is 30.3 Å². The number of nitro benzene ring substituents is 1. The van der Waals surface area contributed by atoms with E-state index in [0.717, 1.165) is 0 Å². The topological polar surface area (TPSA) is 69.4 Å². The first-order valence-electron chi connectivity index (χ1n) is 5.84. The number of Topliss-reactive ketones (excluding diaryl/α,β-unsaturated/α-hetero) is 1. The van der Waals surface area contributed by atoms with E-state index >= 15 is 0 Å². The van der Waals surface area contributed by atoms with Gasteiger partial charge in [0.1, 0.15) is 10.2 Å². The van der Waals surface area contributed by atoms with Crippen molar-refractivity contribution in [2.75, 3.05) is 6.61 Å². The average molecular weight is 415 g/mol. The first-order valence-corrected chi connectivity index (χ1v) is 7.42. The van der Waals surface area contributed by atoms with E-state index in [4.69, 9.17) is 4.74 Å². The lowest BCUT2D eigenvalue weighted by Crippen LogP contribution is -2.12. The van der Waals surface area contributed by atoms with Crippen LogP contribution in [-0.4, -0.2) is 17.3 Å². The van der Waals surface area contributed by atoms with Crippen molar-refractivity contribution in [3.05, 3.63) is 67.1 Å². The quantitative estimate of drug-likeness (QED) is 0.413. The molecule has 0 saturated heterocycles. The van der Waals surface area contributed by atoms with Crippen LogP contribution in [0.1, 0.15) is 10.4 Å². The molecule has 0 saturated carbocycles. The fourth-order valence-corrected chi connectivity index (χ4v) is 2.69. The Balaban J connectivity index is 2.14. The molecule has 0 aliphatic heterocycles. The molecule has 2 aromatic rings. The van der Waals surface area contributed by atoms with Crippen LogP contribution in [0.5, 0.6) is 5.75 Å². The molecule has 0 amide bonds. The van der Waals surface area contributed by atoms with Gasteiger partial charge in [-0.1, -0.05) is 40.2 Å². The van der Waals surface area contributed by atoms with Gasteiger partial charge in [0.15, 0.2) is 6.61 Å². The summed E-state index contributed by atoms with van der Waals surface area (Å²) in [5.74, 6) is 0.0329. The van der Waals surface area contributed by atoms with E-state index in [9.17, 15) is 14.9 Å². The maximum absolute atomic E-state index is 12.1. The Morgan fingerprint density at radius 1 is 1.14 bits per heavy atom. The van der Waals surface area contributed by atoms with Gasteiger partial charge in [-0.3, -0.25) is 14.9 Å². The second-order valence-electron chi connectivity index (χ2n) is 4.04. The molecule has 0 fully saturated rings. The molecule has 7 heteroatoms. The maximum atomic E-state index is 12.1. The highest BCUT2D eigenvalue weighted by Crippen LogP contribution is 2.33. The van der Waals surface area contributed by atoms with Gasteiger partial charge in [0, 0.05) is 16.1 Å². The van der Waals surface area contributed by atoms with Gasteiger partial charge < -0.3 is 4.74 Å². The predicted molar refractivity (Wildman–Crippen MR) is 84.8 cm³/mol. The summed E-state index contributed by atoms with van der Waals surface area (Å²) in [6.07, 6.45) is 0. The standard InChI is InChI=1S/C14H9Br2NO4/c15-10-5-2-1-4-9(10)12(18)8-21-13-7-3-6-11(14(13)16)17(19)20/h1-7H,8H2. The lowest BCUT2D eigenvalue weighted by molar-refractivity contribution is -0.385. The normalized spacial score (nSPS) is 10.2. The molecule has 2 rings (SSSR count). The van der Waals surface area contributed by atoms with Crippen LogP contribution in [0, 0.1) is 10.1 Å². The van der Waals surface area contributed by atoms with Gasteiger partial charge in [-0.05, 0) is 28.1 Å². The summed E-state index contributed by atoms with van der Waals surface area (Å²) in [4.78, 5) is 22.4. The molecule has 0 atom stereocenters. The highest BCUT2D eigenvalue weighted by Gasteiger charge is 2.17. The molecule has 5 nitrogen and oxygen atoms in total. The lowest BCUT2D eigenvalue weighted by Gasteiger charge is -2.08. The van der Waals surface area contributed by atoms with E-state index in [-0.39, 0.29) is 28.3 Å². The van der Waals surface area contributed by atoms with Crippen LogP contribution in [0.4, 0.5) is 5.69 Å². The van der Waals surface area contributed by atoms with Gasteiger partial charge in [-0.2, -0.15) is 0 Å². The molecule has 21 heavy (non-hydrogen) atoms. The Kier molecular flexibility index (Phi) is 5.08. The van der Waals surface area contributed by atoms with E-state index < -0.39 is 4.92 Å². The summed E-state index contributed by atoms with van der Waals surface area (Å²) in [5, 5.41) is 10.8. The third-order valence-corrected chi connectivity index (χ3v) is 4.16. The molecule has 0 aromatic heterocycles. The summed E-state index contributed by atoms with van der Waals surface area (Å²) in [6, 6.07) is 11.4. The number of benzene rings is 2. The number of hydrogen-bond donors (Lipinski definition) is 0. The van der Waals surface area contributed by atoms with Gasteiger partial charge in [-0.25, -0.2) is 0 Å². The number of nitro groups is 1. The Morgan fingerprint density at radius 3 is 2.52 bits per heavy atom. The van der Waals surface area contributed by atoms with Gasteiger partial charge in [0.05, 0.1) is 4.92 Å². The van der Waals surface area contributed by atoms with E-state index in [0.29, 0.717) is 10.0 Å². The number of ether oxygens (including phenoxy) is 1. The van der Waals surface area contributed by atoms with Crippen LogP contribution in [0.15, 0.2) is 51.4 Å². The molecule has 0 heterocycles. The van der Waals surface area contributed by atoms with Crippen LogP contribution in [-0.2, 0) is 0 Å². The highest BCUT2D eigenvalue weighted by molar-refractivity contribution is 9.11. The zero-order valence-electron chi connectivity index (χ0n) is 10.6. The molecule has 0 unspecified atom stereocenters. The van der Waals surface area contributed by atoms with Gasteiger partial charge in [0.25, 0.3) is 5.69 Å². The summed E-state index contributed by atoms with van der Waals surface area (Å²) in [5.41, 5.74) is 0.389. The summed E-state index contributed by atoms with van der Waals surface area (Å²) in [6.45, 7) is -0.206. The smallest absolute Gasteiger partial charge is 0.287 e. The van der Waals surface area contributed by atoms with Gasteiger partial charge in [-0.15, -0.1) is 0 Å². The highest BCUT2D eigenvalue weighted by atomic mass is 79.9. The summed E-state index contributed by atoms with van der Waals surface area (Å²) >= 11 is 6.41. The number of carbonyl (C=O) groups is 1. The fourth-order valence-electron chi connectivity index (χ4n) is 1.66. The minimum absolute atomic E-state index is 0.110. The molecule has 0 aliphatic rings. The van der Waals surface area contributed by atoms with Crippen molar-refractivity contribution >= 4 is 43.3 Å². The zero-order chi connectivity index (χ0) is 15.4. The maximum Gasteiger partial charge on any atom is 0.287 e. The Bertz CT molecular complexity index is 703. The monoisotopic (exact) mass is 413 g/mol. The predicted octanol–water partition coefficient (Wildman–Crippen LogP) is 4.38. The molecule has 0 N–H and O–H groups in total. The van der Waals surface area contributed by atoms with E-state index in [1.165, 1.54) is 12.1 Å². The molecule has 0 bridgehead atoms. The van der Waals surface area contributed by atoms with Crippen LogP contribution in [0.2, 0.25) is 0 Å². The Labute approximate surface area is 137 Å². The second-order valence-corrected chi connectivity index (χ2v) is 5.69. The third-order valence-electron chi connectivity index (χ3n) is 2.67. The number of nitrogens with zero attached hydrogens (tertiary/aromatic N) is 1. The van der Waals surface area contributed by atoms with E-state index in [1.807, 2.05) is 0 Å². The fraction of sp³-hybridized carbons (Fsp3) is 0.0714. The molecule has 2 aromatic carbocycles. The number of hydrogen-bond acceptors (Lipinski definition) is 4. The first kappa shape index (κ1) is 15.7. The Morgan fingerprint density at radius 2 is 1.86 bits per heavy atom. The molecule has 0 spiro atoms. The van der Waals surface area contributed by atoms with Gasteiger partial charge in [0.2, 0.25) is 5.78 Å². The van der Waals surface area contributed by atoms with Crippen molar-refractivity contribution in [3.63, 3.8) is 0 Å². The van der Waals surface area contributed by atoms with Crippen molar-refractivity contribution < 1.29 is 14.5 Å². The third kappa shape index (κ3) is 3.68. The molecule has 108 valence electrons. The zero-order valence-corrected chi connectivity index (χ0v) is 13.8. The van der Waals surface area contributed by atoms with Crippen molar-refractivity contribution in [2.24, 2.45) is 0 Å². The second kappa shape index (κ2) is 6.82. The summed E-state index contributed by atoms with van der Waals surface area (Å²) in [7, 11) is 0. The lowest BCUT2D eigenvalue weighted by atomic mass is 10.1. The van der Waals surface area contributed by atoms with Crippen LogP contribution >= 0.6 is 31.9 Å². The molecule has 0 radical (unpaired) electrons. The van der Waals surface area contributed by atoms with Crippen molar-refractivity contribution in [3.8, 4) is 5.75 Å². The number of halogens is 2. The molecular formula is C14H9Br2NO4. The minimum Gasteiger partial charge on any atom is -0.484 e. The first-order chi connectivity index (χ1) is 10.0. The SMILES string of the molecule is O=C(COc1cccc([N+](=O)[O-])c1Br)c1ccccc1Br. The minimum atomic E-state index is -0.521. The number of carbonyl (C=O) groups excluding carboxylic acids is 1. The van der Waals surface area contributed by atoms with Crippen molar-refractivity contribution in [1.29, 1.82) is 0 Å². The largest absolute Gasteiger partial charge is 0.484 e. The van der Waals surface area contributed by atoms with Crippen LogP contribution in [0.3, 0.4) is 0 Å². The Hall–Kier alpha value is -1.73. The van der Waals surface area contributed by atoms with E-state index in [2.05, 4.69) is 31.9 Å². The van der Waals surface area contributed by atoms with Crippen molar-refractivity contribution in [2.45, 2.75) is 0 Å². The van der Waals surface area contributed by atoms with Gasteiger partial charge >= 0.3 is 0 Å². The van der Waals surface area contributed by atoms with Crippen molar-refractivity contribution in [1.82, 2.24) is 0 Å². The van der Waals surface area contributed by atoms with Crippen LogP contribution in [0.25, 0.3) is 0 Å². The number of ketones is 1. The molecular weight excluding hydrogens is 406 g/mol.